The zero-order chi connectivity index (χ0) is 15.4. The summed E-state index contributed by atoms with van der Waals surface area (Å²) in [6.07, 6.45) is 3.90. The molecule has 0 unspecified atom stereocenters. The van der Waals surface area contributed by atoms with E-state index in [1.54, 1.807) is 0 Å². The largest absolute Gasteiger partial charge is 1.00 e. The molecule has 0 bridgehead atoms. The molecular weight excluding hydrogens is 350 g/mol. The van der Waals surface area contributed by atoms with Crippen molar-refractivity contribution >= 4 is 5.78 Å². The molecule has 2 aromatic carbocycles. The molecule has 0 saturated heterocycles. The van der Waals surface area contributed by atoms with Crippen molar-refractivity contribution in [1.29, 1.82) is 0 Å². The highest BCUT2D eigenvalue weighted by atomic mass is 79.9. The van der Waals surface area contributed by atoms with Gasteiger partial charge in [-0.2, -0.15) is 4.57 Å². The van der Waals surface area contributed by atoms with Crippen LogP contribution < -0.4 is 21.5 Å². The minimum absolute atomic E-state index is 0. The van der Waals surface area contributed by atoms with Crippen LogP contribution in [0.3, 0.4) is 0 Å². The third-order valence-electron chi connectivity index (χ3n) is 3.65. The highest BCUT2D eigenvalue weighted by Gasteiger charge is 2.12. The van der Waals surface area contributed by atoms with Crippen molar-refractivity contribution in [2.75, 3.05) is 0 Å². The van der Waals surface area contributed by atoms with Gasteiger partial charge in [0.25, 0.3) is 0 Å². The fraction of sp³-hybridized carbons (Fsp3) is 0.100. The van der Waals surface area contributed by atoms with Crippen molar-refractivity contribution in [2.45, 2.75) is 13.5 Å². The maximum Gasteiger partial charge on any atom is 0.227 e. The normalized spacial score (nSPS) is 9.96. The van der Waals surface area contributed by atoms with Crippen LogP contribution in [0.25, 0.3) is 11.1 Å². The van der Waals surface area contributed by atoms with E-state index in [0.29, 0.717) is 6.54 Å². The Hall–Kier alpha value is -2.26. The van der Waals surface area contributed by atoms with Crippen LogP contribution in [0.1, 0.15) is 15.9 Å². The predicted molar refractivity (Wildman–Crippen MR) is 87.6 cm³/mol. The van der Waals surface area contributed by atoms with E-state index in [2.05, 4.69) is 12.1 Å². The van der Waals surface area contributed by atoms with Gasteiger partial charge < -0.3 is 17.0 Å². The Morgan fingerprint density at radius 2 is 1.52 bits per heavy atom. The van der Waals surface area contributed by atoms with E-state index in [9.17, 15) is 4.79 Å². The molecule has 2 nitrogen and oxygen atoms in total. The summed E-state index contributed by atoms with van der Waals surface area (Å²) in [6, 6.07) is 22.0. The van der Waals surface area contributed by atoms with Crippen LogP contribution in [0.5, 0.6) is 0 Å². The molecule has 3 aromatic rings. The van der Waals surface area contributed by atoms with Crippen LogP contribution in [-0.4, -0.2) is 5.78 Å². The molecule has 0 radical (unpaired) electrons. The minimum Gasteiger partial charge on any atom is -1.00 e. The standard InChI is InChI=1S/C20H18NO.BrH/c1-16-6-5-13-21(14-16)15-20(22)19-11-9-18(10-12-19)17-7-3-2-4-8-17;/h2-14H,15H2,1H3;1H/q+1;/p-1. The van der Waals surface area contributed by atoms with E-state index in [1.165, 1.54) is 0 Å². The van der Waals surface area contributed by atoms with E-state index in [-0.39, 0.29) is 22.8 Å². The maximum atomic E-state index is 12.4. The zero-order valence-electron chi connectivity index (χ0n) is 12.9. The maximum absolute atomic E-state index is 12.4. The third kappa shape index (κ3) is 4.36. The lowest BCUT2D eigenvalue weighted by atomic mass is 10.0. The molecule has 3 rings (SSSR count). The zero-order valence-corrected chi connectivity index (χ0v) is 14.5. The monoisotopic (exact) mass is 367 g/mol. The SMILES string of the molecule is Cc1ccc[n+](CC(=O)c2ccc(-c3ccccc3)cc2)c1.[Br-]. The Labute approximate surface area is 147 Å². The Kier molecular flexibility index (Phi) is 5.83. The number of hydrogen-bond donors (Lipinski definition) is 0. The van der Waals surface area contributed by atoms with Crippen LogP contribution in [0.4, 0.5) is 0 Å². The van der Waals surface area contributed by atoms with E-state index in [0.717, 1.165) is 22.3 Å². The van der Waals surface area contributed by atoms with Crippen molar-refractivity contribution in [3.63, 3.8) is 0 Å². The molecule has 0 atom stereocenters. The lowest BCUT2D eigenvalue weighted by Crippen LogP contribution is -3.00. The molecule has 1 heterocycles. The summed E-state index contributed by atoms with van der Waals surface area (Å²) < 4.78 is 1.92. The van der Waals surface area contributed by atoms with Gasteiger partial charge in [0.15, 0.2) is 12.4 Å². The van der Waals surface area contributed by atoms with Gasteiger partial charge in [-0.3, -0.25) is 4.79 Å². The minimum atomic E-state index is 0. The van der Waals surface area contributed by atoms with Gasteiger partial charge in [0.1, 0.15) is 0 Å². The molecule has 1 aromatic heterocycles. The molecule has 0 saturated carbocycles. The molecule has 0 N–H and O–H groups in total. The number of halogens is 1. The molecule has 3 heteroatoms. The first kappa shape index (κ1) is 17.1. The van der Waals surface area contributed by atoms with Crippen molar-refractivity contribution in [1.82, 2.24) is 0 Å². The molecule has 0 aliphatic rings. The summed E-state index contributed by atoms with van der Waals surface area (Å²) in [5.74, 6) is 0.121. The first-order valence-corrected chi connectivity index (χ1v) is 7.37. The average Bonchev–Trinajstić information content (AvgIpc) is 2.56. The van der Waals surface area contributed by atoms with Gasteiger partial charge in [-0.05, 0) is 24.1 Å². The second-order valence-corrected chi connectivity index (χ2v) is 5.42. The van der Waals surface area contributed by atoms with Gasteiger partial charge >= 0.3 is 0 Å². The number of ketones is 1. The molecule has 0 aliphatic carbocycles. The highest BCUT2D eigenvalue weighted by Crippen LogP contribution is 2.19. The van der Waals surface area contributed by atoms with Gasteiger partial charge in [0.05, 0.1) is 0 Å². The van der Waals surface area contributed by atoms with Crippen LogP contribution in [0.15, 0.2) is 79.1 Å². The Morgan fingerprint density at radius 1 is 0.870 bits per heavy atom. The van der Waals surface area contributed by atoms with Crippen LogP contribution in [0.2, 0.25) is 0 Å². The number of rotatable bonds is 4. The topological polar surface area (TPSA) is 20.9 Å². The summed E-state index contributed by atoms with van der Waals surface area (Å²) in [7, 11) is 0. The summed E-state index contributed by atoms with van der Waals surface area (Å²) in [5.41, 5.74) is 4.18. The summed E-state index contributed by atoms with van der Waals surface area (Å²) in [6.45, 7) is 2.39. The van der Waals surface area contributed by atoms with E-state index in [1.807, 2.05) is 78.5 Å². The number of benzene rings is 2. The molecule has 0 amide bonds. The van der Waals surface area contributed by atoms with Crippen molar-refractivity contribution in [3.8, 4) is 11.1 Å². The smallest absolute Gasteiger partial charge is 0.227 e. The number of nitrogens with zero attached hydrogens (tertiary/aromatic N) is 1. The fourth-order valence-corrected chi connectivity index (χ4v) is 2.49. The highest BCUT2D eigenvalue weighted by molar-refractivity contribution is 5.95. The van der Waals surface area contributed by atoms with Crippen molar-refractivity contribution < 1.29 is 26.3 Å². The van der Waals surface area contributed by atoms with Gasteiger partial charge in [0, 0.05) is 17.2 Å². The number of aryl methyl sites for hydroxylation is 1. The third-order valence-corrected chi connectivity index (χ3v) is 3.65. The lowest BCUT2D eigenvalue weighted by molar-refractivity contribution is -0.683. The van der Waals surface area contributed by atoms with E-state index in [4.69, 9.17) is 0 Å². The van der Waals surface area contributed by atoms with Gasteiger partial charge in [0.2, 0.25) is 12.3 Å². The molecule has 23 heavy (non-hydrogen) atoms. The van der Waals surface area contributed by atoms with Gasteiger partial charge in [-0.1, -0.05) is 54.6 Å². The quantitative estimate of drug-likeness (QED) is 0.494. The fourth-order valence-electron chi connectivity index (χ4n) is 2.49. The predicted octanol–water partition coefficient (Wildman–Crippen LogP) is 0.836. The Balaban J connectivity index is 0.00000192. The van der Waals surface area contributed by atoms with Crippen LogP contribution in [0, 0.1) is 6.92 Å². The van der Waals surface area contributed by atoms with E-state index < -0.39 is 0 Å². The molecule has 0 aliphatic heterocycles. The number of carbonyl (C=O) groups is 1. The molecule has 0 spiro atoms. The Bertz CT molecular complexity index is 782. The number of aromatic nitrogens is 1. The van der Waals surface area contributed by atoms with Gasteiger partial charge in [-0.25, -0.2) is 0 Å². The van der Waals surface area contributed by atoms with Crippen molar-refractivity contribution in [3.05, 3.63) is 90.3 Å². The van der Waals surface area contributed by atoms with Crippen LogP contribution in [-0.2, 0) is 6.54 Å². The summed E-state index contributed by atoms with van der Waals surface area (Å²) in [4.78, 5) is 12.4. The van der Waals surface area contributed by atoms with Crippen molar-refractivity contribution in [2.24, 2.45) is 0 Å². The number of Topliss-reactive ketones (excluding diaryl/α,β-unsaturated/α-hetero) is 1. The average molecular weight is 368 g/mol. The molecule has 0 fully saturated rings. The van der Waals surface area contributed by atoms with Crippen LogP contribution >= 0.6 is 0 Å². The summed E-state index contributed by atoms with van der Waals surface area (Å²) >= 11 is 0. The second kappa shape index (κ2) is 7.84. The second-order valence-electron chi connectivity index (χ2n) is 5.42. The summed E-state index contributed by atoms with van der Waals surface area (Å²) in [5, 5.41) is 0. The first-order chi connectivity index (χ1) is 10.7. The number of hydrogen-bond acceptors (Lipinski definition) is 1. The lowest BCUT2D eigenvalue weighted by Gasteiger charge is -2.03. The van der Waals surface area contributed by atoms with E-state index >= 15 is 0 Å². The van der Waals surface area contributed by atoms with Gasteiger partial charge in [-0.15, -0.1) is 0 Å². The molecular formula is C20H18BrNO. The Morgan fingerprint density at radius 3 is 2.17 bits per heavy atom. The number of carbonyl (C=O) groups excluding carboxylic acids is 1. The molecule has 116 valence electrons. The number of pyridine rings is 1. The first-order valence-electron chi connectivity index (χ1n) is 7.37.